The van der Waals surface area contributed by atoms with Gasteiger partial charge in [-0.05, 0) is 0 Å². The average Bonchev–Trinajstić information content (AvgIpc) is 2.76. The van der Waals surface area contributed by atoms with Crippen LogP contribution in [0.5, 0.6) is 0 Å². The molecule has 152 valence electrons. The second kappa shape index (κ2) is 9.31. The third-order valence-corrected chi connectivity index (χ3v) is 3.29. The van der Waals surface area contributed by atoms with Gasteiger partial charge in [0.05, 0.1) is 0 Å². The SMILES string of the molecule is CC(=O)OC[C@H]1O[C@@](COC(C)=O)(OC(C)=O)[C@H](OC(C)=O)[C@H]1OC(C)=O. The maximum Gasteiger partial charge on any atom is 0.305 e. The predicted octanol–water partition coefficient (Wildman–Crippen LogP) is -0.366. The van der Waals surface area contributed by atoms with Crippen molar-refractivity contribution in [1.29, 1.82) is 0 Å². The zero-order chi connectivity index (χ0) is 20.8. The summed E-state index contributed by atoms with van der Waals surface area (Å²) in [5.74, 6) is -5.84. The molecule has 11 nitrogen and oxygen atoms in total. The van der Waals surface area contributed by atoms with E-state index in [1.807, 2.05) is 0 Å². The second-order valence-corrected chi connectivity index (χ2v) is 5.75. The lowest BCUT2D eigenvalue weighted by molar-refractivity contribution is -0.270. The Kier molecular flexibility index (Phi) is 7.70. The van der Waals surface area contributed by atoms with Gasteiger partial charge in [-0.1, -0.05) is 0 Å². The summed E-state index contributed by atoms with van der Waals surface area (Å²) in [6, 6.07) is 0. The van der Waals surface area contributed by atoms with Gasteiger partial charge in [-0.15, -0.1) is 0 Å². The van der Waals surface area contributed by atoms with Gasteiger partial charge in [-0.25, -0.2) is 0 Å². The Labute approximate surface area is 155 Å². The molecule has 0 amide bonds. The van der Waals surface area contributed by atoms with Gasteiger partial charge in [-0.2, -0.15) is 0 Å². The van der Waals surface area contributed by atoms with Crippen molar-refractivity contribution in [3.63, 3.8) is 0 Å². The Hall–Kier alpha value is -2.69. The van der Waals surface area contributed by atoms with Gasteiger partial charge in [0.1, 0.15) is 12.7 Å². The number of hydrogen-bond donors (Lipinski definition) is 0. The number of carbonyl (C=O) groups is 5. The summed E-state index contributed by atoms with van der Waals surface area (Å²) in [5, 5.41) is 0. The topological polar surface area (TPSA) is 141 Å². The van der Waals surface area contributed by atoms with E-state index in [4.69, 9.17) is 28.4 Å². The van der Waals surface area contributed by atoms with Crippen molar-refractivity contribution in [1.82, 2.24) is 0 Å². The minimum absolute atomic E-state index is 0.395. The molecule has 1 heterocycles. The molecule has 11 heteroatoms. The van der Waals surface area contributed by atoms with E-state index in [-0.39, 0.29) is 0 Å². The summed E-state index contributed by atoms with van der Waals surface area (Å²) in [7, 11) is 0. The monoisotopic (exact) mass is 390 g/mol. The van der Waals surface area contributed by atoms with Crippen LogP contribution in [0.4, 0.5) is 0 Å². The third-order valence-electron chi connectivity index (χ3n) is 3.29. The number of hydrogen-bond acceptors (Lipinski definition) is 11. The van der Waals surface area contributed by atoms with Gasteiger partial charge in [-0.3, -0.25) is 24.0 Å². The van der Waals surface area contributed by atoms with E-state index >= 15 is 0 Å². The first-order chi connectivity index (χ1) is 12.5. The molecule has 4 atom stereocenters. The molecular weight excluding hydrogens is 368 g/mol. The Morgan fingerprint density at radius 3 is 1.78 bits per heavy atom. The highest BCUT2D eigenvalue weighted by atomic mass is 16.8. The van der Waals surface area contributed by atoms with Gasteiger partial charge in [0.2, 0.25) is 6.10 Å². The quantitative estimate of drug-likeness (QED) is 0.415. The summed E-state index contributed by atoms with van der Waals surface area (Å²) in [6.07, 6.45) is -3.92. The molecule has 1 fully saturated rings. The van der Waals surface area contributed by atoms with Crippen LogP contribution in [0.25, 0.3) is 0 Å². The van der Waals surface area contributed by atoms with Crippen molar-refractivity contribution in [3.8, 4) is 0 Å². The number of ether oxygens (including phenoxy) is 6. The highest BCUT2D eigenvalue weighted by Crippen LogP contribution is 2.37. The second-order valence-electron chi connectivity index (χ2n) is 5.75. The van der Waals surface area contributed by atoms with Crippen LogP contribution >= 0.6 is 0 Å². The van der Waals surface area contributed by atoms with E-state index < -0.39 is 67.2 Å². The van der Waals surface area contributed by atoms with Crippen LogP contribution in [0.2, 0.25) is 0 Å². The molecular formula is C16H22O11. The predicted molar refractivity (Wildman–Crippen MR) is 83.7 cm³/mol. The number of carbonyl (C=O) groups excluding carboxylic acids is 5. The molecule has 0 radical (unpaired) electrons. The van der Waals surface area contributed by atoms with Gasteiger partial charge < -0.3 is 28.4 Å². The summed E-state index contributed by atoms with van der Waals surface area (Å²) in [5.41, 5.74) is 0. The first-order valence-electron chi connectivity index (χ1n) is 7.95. The van der Waals surface area contributed by atoms with Crippen molar-refractivity contribution >= 4 is 29.8 Å². The minimum Gasteiger partial charge on any atom is -0.463 e. The van der Waals surface area contributed by atoms with Crippen LogP contribution < -0.4 is 0 Å². The van der Waals surface area contributed by atoms with E-state index in [0.29, 0.717) is 0 Å². The summed E-state index contributed by atoms with van der Waals surface area (Å²) in [4.78, 5) is 57.0. The van der Waals surface area contributed by atoms with E-state index in [1.165, 1.54) is 0 Å². The molecule has 0 N–H and O–H groups in total. The Morgan fingerprint density at radius 2 is 1.33 bits per heavy atom. The van der Waals surface area contributed by atoms with Crippen molar-refractivity contribution < 1.29 is 52.4 Å². The van der Waals surface area contributed by atoms with E-state index in [1.54, 1.807) is 0 Å². The van der Waals surface area contributed by atoms with Crippen molar-refractivity contribution in [2.75, 3.05) is 13.2 Å². The molecule has 0 saturated carbocycles. The van der Waals surface area contributed by atoms with E-state index in [9.17, 15) is 24.0 Å². The molecule has 0 aromatic carbocycles. The van der Waals surface area contributed by atoms with E-state index in [2.05, 4.69) is 0 Å². The Morgan fingerprint density at radius 1 is 0.778 bits per heavy atom. The summed E-state index contributed by atoms with van der Waals surface area (Å²) >= 11 is 0. The molecule has 27 heavy (non-hydrogen) atoms. The molecule has 0 spiro atoms. The van der Waals surface area contributed by atoms with Crippen LogP contribution in [0.3, 0.4) is 0 Å². The normalized spacial score (nSPS) is 26.6. The molecule has 0 bridgehead atoms. The fraction of sp³-hybridized carbons (Fsp3) is 0.688. The average molecular weight is 390 g/mol. The van der Waals surface area contributed by atoms with Crippen molar-refractivity contribution in [2.24, 2.45) is 0 Å². The maximum atomic E-state index is 11.6. The lowest BCUT2D eigenvalue weighted by Crippen LogP contribution is -2.53. The zero-order valence-corrected chi connectivity index (χ0v) is 15.6. The van der Waals surface area contributed by atoms with Gasteiger partial charge in [0.15, 0.2) is 12.7 Å². The maximum absolute atomic E-state index is 11.6. The first-order valence-corrected chi connectivity index (χ1v) is 7.95. The smallest absolute Gasteiger partial charge is 0.305 e. The molecule has 0 aromatic heterocycles. The highest BCUT2D eigenvalue weighted by molar-refractivity contribution is 5.69. The highest BCUT2D eigenvalue weighted by Gasteiger charge is 2.63. The summed E-state index contributed by atoms with van der Waals surface area (Å²) in [6.45, 7) is 4.46. The number of esters is 5. The van der Waals surface area contributed by atoms with Crippen molar-refractivity contribution in [2.45, 2.75) is 58.7 Å². The minimum atomic E-state index is -2.09. The van der Waals surface area contributed by atoms with Crippen LogP contribution in [-0.4, -0.2) is 67.2 Å². The van der Waals surface area contributed by atoms with Gasteiger partial charge in [0, 0.05) is 34.6 Å². The van der Waals surface area contributed by atoms with Gasteiger partial charge >= 0.3 is 29.8 Å². The lowest BCUT2D eigenvalue weighted by atomic mass is 10.0. The Bertz CT molecular complexity index is 613. The molecule has 1 aliphatic heterocycles. The van der Waals surface area contributed by atoms with E-state index in [0.717, 1.165) is 34.6 Å². The third kappa shape index (κ3) is 6.51. The fourth-order valence-electron chi connectivity index (χ4n) is 2.50. The zero-order valence-electron chi connectivity index (χ0n) is 15.6. The lowest BCUT2D eigenvalue weighted by Gasteiger charge is -2.32. The van der Waals surface area contributed by atoms with Crippen LogP contribution in [0.1, 0.15) is 34.6 Å². The number of rotatable bonds is 7. The molecule has 0 aliphatic carbocycles. The fourth-order valence-corrected chi connectivity index (χ4v) is 2.50. The standard InChI is InChI=1S/C16H22O11/c1-8(17)22-6-13-14(24-10(3)19)15(25-11(4)20)16(27-13,26-12(5)21)7-23-9(2)18/h13-15H,6-7H2,1-5H3/t13-,14+,15-,16-/m1/s1. The molecule has 1 saturated heterocycles. The van der Waals surface area contributed by atoms with Gasteiger partial charge in [0.25, 0.3) is 5.79 Å². The van der Waals surface area contributed by atoms with Crippen LogP contribution in [0, 0.1) is 0 Å². The first kappa shape index (κ1) is 22.4. The largest absolute Gasteiger partial charge is 0.463 e. The summed E-state index contributed by atoms with van der Waals surface area (Å²) < 4.78 is 30.9. The van der Waals surface area contributed by atoms with Crippen LogP contribution in [0.15, 0.2) is 0 Å². The molecule has 0 aromatic rings. The van der Waals surface area contributed by atoms with Crippen molar-refractivity contribution in [3.05, 3.63) is 0 Å². The molecule has 1 rings (SSSR count). The molecule has 0 unspecified atom stereocenters. The Balaban J connectivity index is 3.32. The molecule has 1 aliphatic rings. The van der Waals surface area contributed by atoms with Crippen LogP contribution in [-0.2, 0) is 52.4 Å².